The van der Waals surface area contributed by atoms with E-state index in [0.717, 1.165) is 37.8 Å². The normalized spacial score (nSPS) is 16.2. The molecular weight excluding hydrogens is 323 g/mol. The van der Waals surface area contributed by atoms with Crippen molar-refractivity contribution in [1.82, 2.24) is 14.9 Å². The zero-order valence-electron chi connectivity index (χ0n) is 13.7. The Morgan fingerprint density at radius 1 is 1.20 bits per heavy atom. The summed E-state index contributed by atoms with van der Waals surface area (Å²) in [5, 5.41) is 5.59. The van der Waals surface area contributed by atoms with E-state index in [4.69, 9.17) is 0 Å². The molecule has 2 heterocycles. The van der Waals surface area contributed by atoms with Gasteiger partial charge in [0.15, 0.2) is 5.82 Å². The van der Waals surface area contributed by atoms with Crippen LogP contribution in [-0.4, -0.2) is 27.4 Å². The van der Waals surface area contributed by atoms with Crippen molar-refractivity contribution in [3.8, 4) is 0 Å². The minimum atomic E-state index is -0.431. The Kier molecular flexibility index (Phi) is 3.99. The smallest absolute Gasteiger partial charge is 0.291 e. The average molecular weight is 342 g/mol. The van der Waals surface area contributed by atoms with Crippen LogP contribution in [0.15, 0.2) is 24.3 Å². The van der Waals surface area contributed by atoms with E-state index in [2.05, 4.69) is 15.6 Å². The van der Waals surface area contributed by atoms with Gasteiger partial charge < -0.3 is 15.2 Å². The van der Waals surface area contributed by atoms with Gasteiger partial charge >= 0.3 is 0 Å². The maximum Gasteiger partial charge on any atom is 0.291 e. The molecule has 4 rings (SSSR count). The summed E-state index contributed by atoms with van der Waals surface area (Å²) in [6, 6.07) is 5.94. The maximum atomic E-state index is 13.3. The van der Waals surface area contributed by atoms with Crippen LogP contribution >= 0.6 is 0 Å². The quantitative estimate of drug-likeness (QED) is 0.896. The number of hydrogen-bond acceptors (Lipinski definition) is 3. The Labute approximate surface area is 144 Å². The summed E-state index contributed by atoms with van der Waals surface area (Å²) >= 11 is 0. The van der Waals surface area contributed by atoms with Gasteiger partial charge in [-0.1, -0.05) is 6.07 Å². The van der Waals surface area contributed by atoms with Crippen molar-refractivity contribution in [3.05, 3.63) is 47.3 Å². The predicted octanol–water partition coefficient (Wildman–Crippen LogP) is 2.50. The number of amides is 2. The Bertz CT molecular complexity index is 842. The number of aromatic nitrogens is 2. The van der Waals surface area contributed by atoms with Crippen molar-refractivity contribution >= 4 is 17.5 Å². The van der Waals surface area contributed by atoms with Gasteiger partial charge in [0.2, 0.25) is 0 Å². The second-order valence-corrected chi connectivity index (χ2v) is 6.55. The van der Waals surface area contributed by atoms with Gasteiger partial charge in [-0.3, -0.25) is 9.59 Å². The number of fused-ring (bicyclic) bond motifs is 1. The molecule has 0 unspecified atom stereocenters. The molecular formula is C18H19FN4O2. The Morgan fingerprint density at radius 3 is 2.80 bits per heavy atom. The standard InChI is InChI=1S/C18H19FN4O2/c19-11-4-3-5-13(10-11)21-18(25)16-22-15(17(24)20-12-7-8-12)14-6-1-2-9-23(14)16/h3-5,10,12H,1-2,6-9H2,(H,20,24)(H,21,25). The van der Waals surface area contributed by atoms with Crippen LogP contribution in [0.25, 0.3) is 0 Å². The first-order valence-electron chi connectivity index (χ1n) is 8.59. The highest BCUT2D eigenvalue weighted by atomic mass is 19.1. The third-order valence-corrected chi connectivity index (χ3v) is 4.53. The van der Waals surface area contributed by atoms with E-state index in [9.17, 15) is 14.0 Å². The highest BCUT2D eigenvalue weighted by molar-refractivity contribution is 6.03. The summed E-state index contributed by atoms with van der Waals surface area (Å²) in [7, 11) is 0. The fraction of sp³-hybridized carbons (Fsp3) is 0.389. The molecule has 0 saturated heterocycles. The molecule has 25 heavy (non-hydrogen) atoms. The number of nitrogens with one attached hydrogen (secondary N) is 2. The topological polar surface area (TPSA) is 76.0 Å². The molecule has 6 nitrogen and oxygen atoms in total. The Balaban J connectivity index is 1.63. The van der Waals surface area contributed by atoms with Crippen molar-refractivity contribution in [2.24, 2.45) is 0 Å². The molecule has 1 aromatic carbocycles. The molecule has 130 valence electrons. The highest BCUT2D eigenvalue weighted by Crippen LogP contribution is 2.24. The number of imidazole rings is 1. The summed E-state index contributed by atoms with van der Waals surface area (Å²) in [5.41, 5.74) is 1.52. The van der Waals surface area contributed by atoms with Crippen molar-refractivity contribution in [2.75, 3.05) is 5.32 Å². The predicted molar refractivity (Wildman–Crippen MR) is 90.0 cm³/mol. The van der Waals surface area contributed by atoms with Gasteiger partial charge in [-0.2, -0.15) is 0 Å². The zero-order chi connectivity index (χ0) is 17.4. The van der Waals surface area contributed by atoms with Crippen LogP contribution in [0.2, 0.25) is 0 Å². The number of carbonyl (C=O) groups excluding carboxylic acids is 2. The van der Waals surface area contributed by atoms with Crippen LogP contribution < -0.4 is 10.6 Å². The molecule has 1 aromatic heterocycles. The number of carbonyl (C=O) groups is 2. The summed E-state index contributed by atoms with van der Waals surface area (Å²) in [4.78, 5) is 29.4. The molecule has 7 heteroatoms. The van der Waals surface area contributed by atoms with Crippen molar-refractivity contribution in [2.45, 2.75) is 44.7 Å². The van der Waals surface area contributed by atoms with Gasteiger partial charge in [-0.05, 0) is 50.3 Å². The summed E-state index contributed by atoms with van der Waals surface area (Å²) in [6.45, 7) is 0.658. The lowest BCUT2D eigenvalue weighted by molar-refractivity contribution is 0.0945. The highest BCUT2D eigenvalue weighted by Gasteiger charge is 2.30. The second-order valence-electron chi connectivity index (χ2n) is 6.55. The molecule has 2 amide bonds. The molecule has 2 aliphatic rings. The van der Waals surface area contributed by atoms with Crippen LogP contribution in [0.5, 0.6) is 0 Å². The van der Waals surface area contributed by atoms with E-state index in [1.54, 1.807) is 6.07 Å². The molecule has 1 aliphatic heterocycles. The lowest BCUT2D eigenvalue weighted by atomic mass is 10.1. The van der Waals surface area contributed by atoms with Gasteiger partial charge in [0.25, 0.3) is 11.8 Å². The fourth-order valence-electron chi connectivity index (χ4n) is 3.13. The van der Waals surface area contributed by atoms with Gasteiger partial charge in [-0.25, -0.2) is 9.37 Å². The second kappa shape index (κ2) is 6.31. The third-order valence-electron chi connectivity index (χ3n) is 4.53. The molecule has 0 spiro atoms. The van der Waals surface area contributed by atoms with E-state index >= 15 is 0 Å². The molecule has 0 radical (unpaired) electrons. The zero-order valence-corrected chi connectivity index (χ0v) is 13.7. The summed E-state index contributed by atoms with van der Waals surface area (Å²) in [5.74, 6) is -0.857. The maximum absolute atomic E-state index is 13.3. The minimum Gasteiger partial charge on any atom is -0.348 e. The molecule has 1 saturated carbocycles. The van der Waals surface area contributed by atoms with Crippen LogP contribution in [0.4, 0.5) is 10.1 Å². The van der Waals surface area contributed by atoms with Crippen LogP contribution in [0.3, 0.4) is 0 Å². The average Bonchev–Trinajstić information content (AvgIpc) is 3.32. The van der Waals surface area contributed by atoms with Crippen LogP contribution in [0.1, 0.15) is 52.5 Å². The fourth-order valence-corrected chi connectivity index (χ4v) is 3.13. The van der Waals surface area contributed by atoms with Crippen molar-refractivity contribution < 1.29 is 14.0 Å². The van der Waals surface area contributed by atoms with E-state index in [0.29, 0.717) is 17.9 Å². The number of rotatable bonds is 4. The first kappa shape index (κ1) is 15.8. The summed E-state index contributed by atoms with van der Waals surface area (Å²) < 4.78 is 15.1. The van der Waals surface area contributed by atoms with E-state index in [-0.39, 0.29) is 17.8 Å². The monoisotopic (exact) mass is 342 g/mol. The van der Waals surface area contributed by atoms with Gasteiger partial charge in [0.05, 0.1) is 5.69 Å². The van der Waals surface area contributed by atoms with Crippen molar-refractivity contribution in [1.29, 1.82) is 0 Å². The number of hydrogen-bond donors (Lipinski definition) is 2. The first-order chi connectivity index (χ1) is 12.1. The molecule has 1 fully saturated rings. The largest absolute Gasteiger partial charge is 0.348 e. The number of benzene rings is 1. The third kappa shape index (κ3) is 3.26. The minimum absolute atomic E-state index is 0.208. The number of halogens is 1. The first-order valence-corrected chi connectivity index (χ1v) is 8.59. The van der Waals surface area contributed by atoms with E-state index in [1.807, 2.05) is 4.57 Å². The number of nitrogens with zero attached hydrogens (tertiary/aromatic N) is 2. The van der Waals surface area contributed by atoms with E-state index in [1.165, 1.54) is 18.2 Å². The molecule has 0 atom stereocenters. The lowest BCUT2D eigenvalue weighted by Crippen LogP contribution is -2.27. The van der Waals surface area contributed by atoms with Gasteiger partial charge in [-0.15, -0.1) is 0 Å². The van der Waals surface area contributed by atoms with Gasteiger partial charge in [0.1, 0.15) is 11.5 Å². The Hall–Kier alpha value is -2.70. The van der Waals surface area contributed by atoms with Crippen LogP contribution in [-0.2, 0) is 13.0 Å². The Morgan fingerprint density at radius 2 is 2.04 bits per heavy atom. The lowest BCUT2D eigenvalue weighted by Gasteiger charge is -2.17. The molecule has 0 bridgehead atoms. The van der Waals surface area contributed by atoms with E-state index < -0.39 is 11.7 Å². The number of anilines is 1. The van der Waals surface area contributed by atoms with Gasteiger partial charge in [0, 0.05) is 18.3 Å². The molecule has 1 aliphatic carbocycles. The SMILES string of the molecule is O=C(NC1CC1)c1nc(C(=O)Nc2cccc(F)c2)n2c1CCCC2. The van der Waals surface area contributed by atoms with Crippen molar-refractivity contribution in [3.63, 3.8) is 0 Å². The summed E-state index contributed by atoms with van der Waals surface area (Å²) in [6.07, 6.45) is 4.63. The molecule has 2 aromatic rings. The molecule has 2 N–H and O–H groups in total. The van der Waals surface area contributed by atoms with Crippen LogP contribution in [0, 0.1) is 5.82 Å².